The number of nitro benzene ring substituents is 1. The lowest BCUT2D eigenvalue weighted by Gasteiger charge is -2.18. The summed E-state index contributed by atoms with van der Waals surface area (Å²) in [5.74, 6) is -0.714. The molecular weight excluding hydrogens is 472 g/mol. The van der Waals surface area contributed by atoms with E-state index in [0.717, 1.165) is 22.3 Å². The second-order valence-electron chi connectivity index (χ2n) is 8.05. The number of esters is 1. The van der Waals surface area contributed by atoms with Crippen LogP contribution in [0.25, 0.3) is 11.1 Å². The Kier molecular flexibility index (Phi) is 6.86. The third-order valence-electron chi connectivity index (χ3n) is 5.82. The molecule has 0 fully saturated rings. The first-order valence-corrected chi connectivity index (χ1v) is 12.4. The van der Waals surface area contributed by atoms with Crippen molar-refractivity contribution in [3.63, 3.8) is 0 Å². The first kappa shape index (κ1) is 24.4. The predicted octanol–water partition coefficient (Wildman–Crippen LogP) is 3.63. The van der Waals surface area contributed by atoms with Crippen LogP contribution in [-0.4, -0.2) is 39.1 Å². The van der Waals surface area contributed by atoms with Crippen LogP contribution in [0.15, 0.2) is 65.6 Å². The first-order chi connectivity index (χ1) is 16.7. The van der Waals surface area contributed by atoms with E-state index in [4.69, 9.17) is 9.47 Å². The zero-order valence-electron chi connectivity index (χ0n) is 19.2. The van der Waals surface area contributed by atoms with Gasteiger partial charge in [-0.15, -0.1) is 0 Å². The number of fused-ring (bicyclic) bond motifs is 3. The van der Waals surface area contributed by atoms with Gasteiger partial charge in [0.1, 0.15) is 6.04 Å². The molecule has 1 atom stereocenters. The fourth-order valence-electron chi connectivity index (χ4n) is 4.20. The third kappa shape index (κ3) is 5.03. The van der Waals surface area contributed by atoms with Gasteiger partial charge in [0.2, 0.25) is 10.0 Å². The van der Waals surface area contributed by atoms with Gasteiger partial charge in [-0.2, -0.15) is 4.72 Å². The number of benzene rings is 3. The smallest absolute Gasteiger partial charge is 0.324 e. The van der Waals surface area contributed by atoms with Gasteiger partial charge >= 0.3 is 11.7 Å². The van der Waals surface area contributed by atoms with Crippen molar-refractivity contribution in [2.75, 3.05) is 13.7 Å². The number of nitro groups is 1. The Morgan fingerprint density at radius 3 is 2.54 bits per heavy atom. The average Bonchev–Trinajstić information content (AvgIpc) is 3.21. The molecule has 0 aliphatic heterocycles. The second kappa shape index (κ2) is 9.85. The van der Waals surface area contributed by atoms with Crippen molar-refractivity contribution in [2.45, 2.75) is 30.7 Å². The molecule has 3 aromatic carbocycles. The summed E-state index contributed by atoms with van der Waals surface area (Å²) < 4.78 is 39.0. The zero-order valence-corrected chi connectivity index (χ0v) is 20.0. The number of carbonyl (C=O) groups is 1. The van der Waals surface area contributed by atoms with Crippen molar-refractivity contribution in [3.8, 4) is 16.9 Å². The van der Waals surface area contributed by atoms with E-state index in [1.54, 1.807) is 25.1 Å². The van der Waals surface area contributed by atoms with Gasteiger partial charge in [0, 0.05) is 6.07 Å². The highest BCUT2D eigenvalue weighted by molar-refractivity contribution is 7.89. The molecule has 0 saturated heterocycles. The number of carbonyl (C=O) groups excluding carboxylic acids is 1. The van der Waals surface area contributed by atoms with Crippen molar-refractivity contribution in [2.24, 2.45) is 0 Å². The lowest BCUT2D eigenvalue weighted by atomic mass is 10.1. The van der Waals surface area contributed by atoms with Crippen LogP contribution in [-0.2, 0) is 32.4 Å². The van der Waals surface area contributed by atoms with Crippen LogP contribution in [0, 0.1) is 10.1 Å². The van der Waals surface area contributed by atoms with Crippen molar-refractivity contribution < 1.29 is 27.6 Å². The first-order valence-electron chi connectivity index (χ1n) is 10.9. The maximum absolute atomic E-state index is 13.2. The Morgan fingerprint density at radius 2 is 1.83 bits per heavy atom. The van der Waals surface area contributed by atoms with Gasteiger partial charge in [-0.05, 0) is 65.8 Å². The summed E-state index contributed by atoms with van der Waals surface area (Å²) in [5.41, 5.74) is 4.15. The number of rotatable bonds is 9. The van der Waals surface area contributed by atoms with Crippen LogP contribution in [0.2, 0.25) is 0 Å². The molecule has 182 valence electrons. The van der Waals surface area contributed by atoms with Crippen LogP contribution in [0.1, 0.15) is 23.6 Å². The van der Waals surface area contributed by atoms with Gasteiger partial charge in [0.05, 0.1) is 23.5 Å². The minimum atomic E-state index is -4.10. The number of nitrogens with zero attached hydrogens (tertiary/aromatic N) is 1. The fourth-order valence-corrected chi connectivity index (χ4v) is 5.44. The molecular formula is C25H24N2O7S. The topological polar surface area (TPSA) is 125 Å². The Labute approximate surface area is 202 Å². The van der Waals surface area contributed by atoms with Crippen molar-refractivity contribution in [3.05, 3.63) is 87.5 Å². The average molecular weight is 497 g/mol. The molecule has 0 radical (unpaired) electrons. The highest BCUT2D eigenvalue weighted by Crippen LogP contribution is 2.37. The highest BCUT2D eigenvalue weighted by atomic mass is 32.2. The largest absolute Gasteiger partial charge is 0.490 e. The van der Waals surface area contributed by atoms with Crippen LogP contribution in [0.5, 0.6) is 5.75 Å². The molecule has 0 unspecified atom stereocenters. The standard InChI is InChI=1S/C25H24N2O7S/c1-3-34-25(28)22(12-16-8-11-24(33-2)23(13-16)27(29)30)26-35(31,32)19-9-10-21-18(15-19)14-17-6-4-5-7-20(17)21/h4-11,13,15,22,26H,3,12,14H2,1-2H3/t22-/m1/s1. The van der Waals surface area contributed by atoms with Crippen LogP contribution >= 0.6 is 0 Å². The van der Waals surface area contributed by atoms with E-state index in [0.29, 0.717) is 12.0 Å². The molecule has 0 spiro atoms. The maximum Gasteiger partial charge on any atom is 0.324 e. The van der Waals surface area contributed by atoms with Gasteiger partial charge in [0.25, 0.3) is 0 Å². The molecule has 10 heteroatoms. The zero-order chi connectivity index (χ0) is 25.2. The number of ether oxygens (including phenoxy) is 2. The van der Waals surface area contributed by atoms with E-state index in [-0.39, 0.29) is 29.4 Å². The van der Waals surface area contributed by atoms with Crippen LogP contribution < -0.4 is 9.46 Å². The molecule has 0 aromatic heterocycles. The molecule has 0 heterocycles. The summed E-state index contributed by atoms with van der Waals surface area (Å²) in [4.78, 5) is 23.4. The van der Waals surface area contributed by atoms with Gasteiger partial charge in [0.15, 0.2) is 5.75 Å². The van der Waals surface area contributed by atoms with Crippen molar-refractivity contribution >= 4 is 21.7 Å². The number of hydrogen-bond donors (Lipinski definition) is 1. The van der Waals surface area contributed by atoms with E-state index in [2.05, 4.69) is 4.72 Å². The minimum Gasteiger partial charge on any atom is -0.490 e. The number of hydrogen-bond acceptors (Lipinski definition) is 7. The molecule has 35 heavy (non-hydrogen) atoms. The Balaban J connectivity index is 1.61. The fraction of sp³-hybridized carbons (Fsp3) is 0.240. The highest BCUT2D eigenvalue weighted by Gasteiger charge is 2.29. The molecule has 4 rings (SSSR count). The summed E-state index contributed by atoms with van der Waals surface area (Å²) in [5, 5.41) is 11.4. The quantitative estimate of drug-likeness (QED) is 0.213. The van der Waals surface area contributed by atoms with E-state index in [1.165, 1.54) is 25.3 Å². The number of methoxy groups -OCH3 is 1. The summed E-state index contributed by atoms with van der Waals surface area (Å²) in [6, 6.07) is 15.7. The summed E-state index contributed by atoms with van der Waals surface area (Å²) in [6.45, 7) is 1.66. The monoisotopic (exact) mass is 496 g/mol. The van der Waals surface area contributed by atoms with Crippen LogP contribution in [0.3, 0.4) is 0 Å². The lowest BCUT2D eigenvalue weighted by Crippen LogP contribution is -2.43. The minimum absolute atomic E-state index is 0.0269. The molecule has 9 nitrogen and oxygen atoms in total. The van der Waals surface area contributed by atoms with Gasteiger partial charge in [-0.25, -0.2) is 8.42 Å². The molecule has 1 aliphatic carbocycles. The molecule has 0 bridgehead atoms. The Bertz CT molecular complexity index is 1400. The van der Waals surface area contributed by atoms with E-state index >= 15 is 0 Å². The van der Waals surface area contributed by atoms with Crippen LogP contribution in [0.4, 0.5) is 5.69 Å². The number of sulfonamides is 1. The number of nitrogens with one attached hydrogen (secondary N) is 1. The molecule has 0 amide bonds. The molecule has 0 saturated carbocycles. The molecule has 1 aliphatic rings. The normalized spacial score (nSPS) is 13.0. The second-order valence-corrected chi connectivity index (χ2v) is 9.76. The van der Waals surface area contributed by atoms with E-state index in [9.17, 15) is 23.3 Å². The van der Waals surface area contributed by atoms with E-state index < -0.39 is 27.0 Å². The lowest BCUT2D eigenvalue weighted by molar-refractivity contribution is -0.385. The van der Waals surface area contributed by atoms with Gasteiger partial charge in [-0.3, -0.25) is 14.9 Å². The van der Waals surface area contributed by atoms with Gasteiger partial charge < -0.3 is 9.47 Å². The Morgan fingerprint density at radius 1 is 1.09 bits per heavy atom. The van der Waals surface area contributed by atoms with Crippen molar-refractivity contribution in [1.29, 1.82) is 0 Å². The maximum atomic E-state index is 13.2. The van der Waals surface area contributed by atoms with Gasteiger partial charge in [-0.1, -0.05) is 36.4 Å². The van der Waals surface area contributed by atoms with E-state index in [1.807, 2.05) is 24.3 Å². The summed E-state index contributed by atoms with van der Waals surface area (Å²) in [6.07, 6.45) is 0.477. The SMILES string of the molecule is CCOC(=O)[C@@H](Cc1ccc(OC)c([N+](=O)[O-])c1)NS(=O)(=O)c1ccc2c(c1)Cc1ccccc1-2. The summed E-state index contributed by atoms with van der Waals surface area (Å²) in [7, 11) is -2.79. The molecule has 3 aromatic rings. The van der Waals surface area contributed by atoms with Crippen molar-refractivity contribution in [1.82, 2.24) is 4.72 Å². The third-order valence-corrected chi connectivity index (χ3v) is 7.29. The summed E-state index contributed by atoms with van der Waals surface area (Å²) >= 11 is 0. The molecule has 1 N–H and O–H groups in total. The predicted molar refractivity (Wildman–Crippen MR) is 129 cm³/mol. The Hall–Kier alpha value is -3.76.